The minimum absolute atomic E-state index is 0.0690. The Kier molecular flexibility index (Phi) is 4.54. The van der Waals surface area contributed by atoms with Gasteiger partial charge in [-0.15, -0.1) is 11.6 Å². The standard InChI is InChI=1S/C16H15ClO/c17-12-4-5-13-8-10-15(11-9-13)16(18)14-6-2-1-3-7-14/h1-3,6-11H,4-5,12H2. The number of carbonyl (C=O) groups excluding carboxylic acids is 1. The molecule has 2 aromatic carbocycles. The Balaban J connectivity index is 2.12. The van der Waals surface area contributed by atoms with Gasteiger partial charge in [-0.2, -0.15) is 0 Å². The van der Waals surface area contributed by atoms with Gasteiger partial charge in [-0.05, 0) is 18.4 Å². The first-order valence-electron chi connectivity index (χ1n) is 6.06. The molecule has 0 aliphatic rings. The van der Waals surface area contributed by atoms with E-state index in [0.717, 1.165) is 24.0 Å². The van der Waals surface area contributed by atoms with Gasteiger partial charge in [-0.3, -0.25) is 4.79 Å². The SMILES string of the molecule is O=C(c1ccccc1)c1ccc(CCCCl)cc1. The van der Waals surface area contributed by atoms with Crippen molar-refractivity contribution < 1.29 is 4.79 Å². The molecule has 0 aromatic heterocycles. The number of aryl methyl sites for hydroxylation is 1. The second-order valence-corrected chi connectivity index (χ2v) is 4.56. The second kappa shape index (κ2) is 6.36. The van der Waals surface area contributed by atoms with Crippen molar-refractivity contribution in [2.24, 2.45) is 0 Å². The van der Waals surface area contributed by atoms with Crippen LogP contribution in [0.2, 0.25) is 0 Å². The van der Waals surface area contributed by atoms with Crippen molar-refractivity contribution >= 4 is 17.4 Å². The highest BCUT2D eigenvalue weighted by molar-refractivity contribution is 6.17. The number of hydrogen-bond acceptors (Lipinski definition) is 1. The smallest absolute Gasteiger partial charge is 0.193 e. The third-order valence-electron chi connectivity index (χ3n) is 2.85. The molecular weight excluding hydrogens is 244 g/mol. The fraction of sp³-hybridized carbons (Fsp3) is 0.188. The Labute approximate surface area is 112 Å². The van der Waals surface area contributed by atoms with Gasteiger partial charge in [0.05, 0.1) is 0 Å². The van der Waals surface area contributed by atoms with Crippen LogP contribution in [0.1, 0.15) is 27.9 Å². The molecule has 0 saturated carbocycles. The zero-order chi connectivity index (χ0) is 12.8. The summed E-state index contributed by atoms with van der Waals surface area (Å²) >= 11 is 5.66. The van der Waals surface area contributed by atoms with E-state index in [4.69, 9.17) is 11.6 Å². The van der Waals surface area contributed by atoms with E-state index >= 15 is 0 Å². The van der Waals surface area contributed by atoms with Gasteiger partial charge >= 0.3 is 0 Å². The van der Waals surface area contributed by atoms with Crippen LogP contribution in [0.3, 0.4) is 0 Å². The van der Waals surface area contributed by atoms with Crippen LogP contribution in [0.5, 0.6) is 0 Å². The number of benzene rings is 2. The Morgan fingerprint density at radius 2 is 1.50 bits per heavy atom. The van der Waals surface area contributed by atoms with Gasteiger partial charge in [-0.25, -0.2) is 0 Å². The van der Waals surface area contributed by atoms with E-state index in [2.05, 4.69) is 0 Å². The van der Waals surface area contributed by atoms with Crippen LogP contribution in [-0.4, -0.2) is 11.7 Å². The molecule has 0 bridgehead atoms. The monoisotopic (exact) mass is 258 g/mol. The molecular formula is C16H15ClO. The predicted octanol–water partition coefficient (Wildman–Crippen LogP) is 4.09. The predicted molar refractivity (Wildman–Crippen MR) is 75.4 cm³/mol. The van der Waals surface area contributed by atoms with Gasteiger partial charge in [0.1, 0.15) is 0 Å². The molecule has 0 amide bonds. The van der Waals surface area contributed by atoms with Crippen molar-refractivity contribution in [1.29, 1.82) is 0 Å². The molecule has 2 rings (SSSR count). The molecule has 2 aromatic rings. The normalized spacial score (nSPS) is 10.3. The fourth-order valence-corrected chi connectivity index (χ4v) is 1.98. The molecule has 92 valence electrons. The van der Waals surface area contributed by atoms with E-state index in [1.54, 1.807) is 0 Å². The summed E-state index contributed by atoms with van der Waals surface area (Å²) in [4.78, 5) is 12.2. The number of carbonyl (C=O) groups is 1. The highest BCUT2D eigenvalue weighted by Crippen LogP contribution is 2.12. The molecule has 0 saturated heterocycles. The van der Waals surface area contributed by atoms with Crippen LogP contribution in [0.15, 0.2) is 54.6 Å². The summed E-state index contributed by atoms with van der Waals surface area (Å²) in [5.41, 5.74) is 2.68. The van der Waals surface area contributed by atoms with E-state index in [1.165, 1.54) is 5.56 Å². The molecule has 0 spiro atoms. The van der Waals surface area contributed by atoms with Gasteiger partial charge in [0.15, 0.2) is 5.78 Å². The fourth-order valence-electron chi connectivity index (χ4n) is 1.85. The topological polar surface area (TPSA) is 17.1 Å². The summed E-state index contributed by atoms with van der Waals surface area (Å²) < 4.78 is 0. The zero-order valence-corrected chi connectivity index (χ0v) is 10.9. The van der Waals surface area contributed by atoms with Crippen molar-refractivity contribution in [1.82, 2.24) is 0 Å². The minimum Gasteiger partial charge on any atom is -0.289 e. The number of hydrogen-bond donors (Lipinski definition) is 0. The quantitative estimate of drug-likeness (QED) is 0.583. The first-order valence-corrected chi connectivity index (χ1v) is 6.59. The van der Waals surface area contributed by atoms with Crippen LogP contribution in [0, 0.1) is 0 Å². The number of alkyl halides is 1. The number of ketones is 1. The lowest BCUT2D eigenvalue weighted by atomic mass is 10.0. The van der Waals surface area contributed by atoms with Crippen molar-refractivity contribution in [3.63, 3.8) is 0 Å². The van der Waals surface area contributed by atoms with E-state index < -0.39 is 0 Å². The van der Waals surface area contributed by atoms with Gasteiger partial charge in [0.25, 0.3) is 0 Å². The molecule has 0 aliphatic heterocycles. The lowest BCUT2D eigenvalue weighted by molar-refractivity contribution is 0.103. The maximum atomic E-state index is 12.2. The molecule has 0 heterocycles. The van der Waals surface area contributed by atoms with Crippen molar-refractivity contribution in [3.05, 3.63) is 71.3 Å². The molecule has 0 unspecified atom stereocenters. The summed E-state index contributed by atoms with van der Waals surface area (Å²) in [7, 11) is 0. The molecule has 18 heavy (non-hydrogen) atoms. The lowest BCUT2D eigenvalue weighted by Gasteiger charge is -2.03. The number of halogens is 1. The first-order chi connectivity index (χ1) is 8.81. The zero-order valence-electron chi connectivity index (χ0n) is 10.1. The molecule has 0 aliphatic carbocycles. The summed E-state index contributed by atoms with van der Waals surface area (Å²) in [5, 5.41) is 0. The van der Waals surface area contributed by atoms with E-state index in [1.807, 2.05) is 54.6 Å². The molecule has 0 radical (unpaired) electrons. The maximum Gasteiger partial charge on any atom is 0.193 e. The second-order valence-electron chi connectivity index (χ2n) is 4.18. The molecule has 2 heteroatoms. The largest absolute Gasteiger partial charge is 0.289 e. The number of rotatable bonds is 5. The third kappa shape index (κ3) is 3.21. The first kappa shape index (κ1) is 12.8. The van der Waals surface area contributed by atoms with E-state index in [-0.39, 0.29) is 5.78 Å². The minimum atomic E-state index is 0.0690. The van der Waals surface area contributed by atoms with Crippen LogP contribution < -0.4 is 0 Å². The molecule has 0 fully saturated rings. The van der Waals surface area contributed by atoms with Gasteiger partial charge < -0.3 is 0 Å². The van der Waals surface area contributed by atoms with Crippen molar-refractivity contribution in [2.45, 2.75) is 12.8 Å². The average Bonchev–Trinajstić information content (AvgIpc) is 2.46. The molecule has 0 atom stereocenters. The highest BCUT2D eigenvalue weighted by atomic mass is 35.5. The third-order valence-corrected chi connectivity index (χ3v) is 3.12. The highest BCUT2D eigenvalue weighted by Gasteiger charge is 2.07. The Morgan fingerprint density at radius 1 is 0.889 bits per heavy atom. The van der Waals surface area contributed by atoms with E-state index in [0.29, 0.717) is 5.88 Å². The van der Waals surface area contributed by atoms with Crippen LogP contribution in [0.4, 0.5) is 0 Å². The lowest BCUT2D eigenvalue weighted by Crippen LogP contribution is -2.01. The van der Waals surface area contributed by atoms with Crippen LogP contribution in [0.25, 0.3) is 0 Å². The summed E-state index contributed by atoms with van der Waals surface area (Å²) in [6.45, 7) is 0. The molecule has 1 nitrogen and oxygen atoms in total. The van der Waals surface area contributed by atoms with Crippen LogP contribution in [-0.2, 0) is 6.42 Å². The van der Waals surface area contributed by atoms with Gasteiger partial charge in [0, 0.05) is 17.0 Å². The van der Waals surface area contributed by atoms with Crippen LogP contribution >= 0.6 is 11.6 Å². The molecule has 0 N–H and O–H groups in total. The Bertz CT molecular complexity index is 502. The summed E-state index contributed by atoms with van der Waals surface area (Å²) in [6, 6.07) is 17.1. The van der Waals surface area contributed by atoms with Crippen molar-refractivity contribution in [2.75, 3.05) is 5.88 Å². The van der Waals surface area contributed by atoms with Gasteiger partial charge in [0.2, 0.25) is 0 Å². The summed E-state index contributed by atoms with van der Waals surface area (Å²) in [5.74, 6) is 0.740. The maximum absolute atomic E-state index is 12.2. The summed E-state index contributed by atoms with van der Waals surface area (Å²) in [6.07, 6.45) is 1.93. The Hall–Kier alpha value is -1.60. The van der Waals surface area contributed by atoms with Crippen molar-refractivity contribution in [3.8, 4) is 0 Å². The van der Waals surface area contributed by atoms with Gasteiger partial charge in [-0.1, -0.05) is 54.6 Å². The van der Waals surface area contributed by atoms with E-state index in [9.17, 15) is 4.79 Å². The Morgan fingerprint density at radius 3 is 2.11 bits per heavy atom. The average molecular weight is 259 g/mol.